The van der Waals surface area contributed by atoms with Gasteiger partial charge in [-0.1, -0.05) is 6.42 Å². The lowest BCUT2D eigenvalue weighted by Crippen LogP contribution is -2.28. The molecule has 0 atom stereocenters. The fraction of sp³-hybridized carbons (Fsp3) is 0.692. The Bertz CT molecular complexity index is 369. The van der Waals surface area contributed by atoms with E-state index in [4.69, 9.17) is 10.5 Å². The zero-order chi connectivity index (χ0) is 13.9. The van der Waals surface area contributed by atoms with E-state index in [1.54, 1.807) is 18.4 Å². The first-order valence-corrected chi connectivity index (χ1v) is 7.53. The van der Waals surface area contributed by atoms with Crippen LogP contribution in [0.2, 0.25) is 0 Å². The third-order valence-corrected chi connectivity index (χ3v) is 3.62. The third kappa shape index (κ3) is 7.25. The van der Waals surface area contributed by atoms with Crippen LogP contribution in [0, 0.1) is 0 Å². The van der Waals surface area contributed by atoms with Gasteiger partial charge in [-0.05, 0) is 25.8 Å². The van der Waals surface area contributed by atoms with Crippen molar-refractivity contribution in [1.29, 1.82) is 0 Å². The molecule has 1 heterocycles. The number of thiazole rings is 1. The third-order valence-electron chi connectivity index (χ3n) is 2.66. The number of carbonyl (C=O) groups excluding carboxylic acids is 1. The van der Waals surface area contributed by atoms with Crippen molar-refractivity contribution in [3.8, 4) is 0 Å². The Balaban J connectivity index is 2.24. The van der Waals surface area contributed by atoms with Crippen LogP contribution < -0.4 is 11.1 Å². The van der Waals surface area contributed by atoms with Crippen LogP contribution in [-0.2, 0) is 22.4 Å². The molecule has 3 N–H and O–H groups in total. The van der Waals surface area contributed by atoms with Crippen molar-refractivity contribution in [2.24, 2.45) is 5.73 Å². The van der Waals surface area contributed by atoms with E-state index in [0.717, 1.165) is 42.9 Å². The number of nitrogens with one attached hydrogen (secondary N) is 1. The molecule has 108 valence electrons. The molecule has 1 rings (SSSR count). The summed E-state index contributed by atoms with van der Waals surface area (Å²) >= 11 is 1.63. The molecule has 6 heteroatoms. The molecule has 0 aromatic carbocycles. The number of rotatable bonds is 10. The fourth-order valence-corrected chi connectivity index (χ4v) is 2.50. The molecular weight excluding hydrogens is 262 g/mol. The lowest BCUT2D eigenvalue weighted by molar-refractivity contribution is -0.120. The highest BCUT2D eigenvalue weighted by Gasteiger charge is 2.07. The van der Waals surface area contributed by atoms with Crippen LogP contribution in [0.4, 0.5) is 0 Å². The van der Waals surface area contributed by atoms with Gasteiger partial charge in [0.1, 0.15) is 0 Å². The average molecular weight is 285 g/mol. The summed E-state index contributed by atoms with van der Waals surface area (Å²) in [6.45, 7) is 1.84. The summed E-state index contributed by atoms with van der Waals surface area (Å²) in [4.78, 5) is 16.1. The second-order valence-electron chi connectivity index (χ2n) is 4.35. The number of hydrogen-bond donors (Lipinski definition) is 2. The van der Waals surface area contributed by atoms with Gasteiger partial charge in [-0.2, -0.15) is 0 Å². The number of methoxy groups -OCH3 is 1. The minimum atomic E-state index is -0.00275. The highest BCUT2D eigenvalue weighted by atomic mass is 32.1. The van der Waals surface area contributed by atoms with Crippen LogP contribution in [0.15, 0.2) is 5.38 Å². The van der Waals surface area contributed by atoms with E-state index >= 15 is 0 Å². The molecule has 0 bridgehead atoms. The zero-order valence-corrected chi connectivity index (χ0v) is 12.3. The number of aryl methyl sites for hydroxylation is 1. The van der Waals surface area contributed by atoms with Crippen LogP contribution in [0.25, 0.3) is 0 Å². The van der Waals surface area contributed by atoms with Crippen molar-refractivity contribution >= 4 is 17.2 Å². The molecule has 0 saturated carbocycles. The molecule has 0 aliphatic rings. The predicted octanol–water partition coefficient (Wildman–Crippen LogP) is 1.12. The predicted molar refractivity (Wildman–Crippen MR) is 77.3 cm³/mol. The van der Waals surface area contributed by atoms with E-state index in [1.165, 1.54) is 0 Å². The Labute approximate surface area is 118 Å². The molecule has 0 aliphatic carbocycles. The number of amides is 1. The fourth-order valence-electron chi connectivity index (χ4n) is 1.66. The molecule has 0 unspecified atom stereocenters. The highest BCUT2D eigenvalue weighted by molar-refractivity contribution is 7.09. The Morgan fingerprint density at radius 2 is 2.32 bits per heavy atom. The highest BCUT2D eigenvalue weighted by Crippen LogP contribution is 2.13. The topological polar surface area (TPSA) is 77.2 Å². The number of unbranched alkanes of at least 4 members (excludes halogenated alkanes) is 2. The second kappa shape index (κ2) is 9.89. The first-order chi connectivity index (χ1) is 9.26. The van der Waals surface area contributed by atoms with Gasteiger partial charge >= 0.3 is 0 Å². The summed E-state index contributed by atoms with van der Waals surface area (Å²) in [5, 5.41) is 5.86. The Hall–Kier alpha value is -0.980. The quantitative estimate of drug-likeness (QED) is 0.632. The normalized spacial score (nSPS) is 10.6. The van der Waals surface area contributed by atoms with Gasteiger partial charge in [0.25, 0.3) is 0 Å². The van der Waals surface area contributed by atoms with Gasteiger partial charge in [0.2, 0.25) is 5.91 Å². The van der Waals surface area contributed by atoms with Gasteiger partial charge in [-0.3, -0.25) is 4.79 Å². The van der Waals surface area contributed by atoms with E-state index in [2.05, 4.69) is 10.3 Å². The smallest absolute Gasteiger partial charge is 0.226 e. The van der Waals surface area contributed by atoms with Gasteiger partial charge in [0.05, 0.1) is 23.7 Å². The monoisotopic (exact) mass is 285 g/mol. The maximum absolute atomic E-state index is 11.6. The summed E-state index contributed by atoms with van der Waals surface area (Å²) in [6, 6.07) is 0. The Morgan fingerprint density at radius 3 is 3.05 bits per heavy atom. The molecule has 5 nitrogen and oxygen atoms in total. The second-order valence-corrected chi connectivity index (χ2v) is 5.29. The summed E-state index contributed by atoms with van der Waals surface area (Å²) < 4.78 is 4.87. The molecule has 0 radical (unpaired) electrons. The summed E-state index contributed by atoms with van der Waals surface area (Å²) in [6.07, 6.45) is 4.66. The summed E-state index contributed by atoms with van der Waals surface area (Å²) in [7, 11) is 1.61. The number of ether oxygens (including phenoxy) is 1. The Morgan fingerprint density at radius 1 is 1.47 bits per heavy atom. The first-order valence-electron chi connectivity index (χ1n) is 6.65. The number of hydrogen-bond acceptors (Lipinski definition) is 5. The summed E-state index contributed by atoms with van der Waals surface area (Å²) in [5.74, 6) is -0.00275. The number of nitrogens with zero attached hydrogens (tertiary/aromatic N) is 1. The molecule has 1 aromatic rings. The van der Waals surface area contributed by atoms with Crippen LogP contribution in [0.1, 0.15) is 30.0 Å². The van der Waals surface area contributed by atoms with Crippen molar-refractivity contribution in [3.05, 3.63) is 16.1 Å². The lowest BCUT2D eigenvalue weighted by atomic mass is 10.2. The van der Waals surface area contributed by atoms with E-state index in [1.807, 2.05) is 5.38 Å². The zero-order valence-electron chi connectivity index (χ0n) is 11.5. The Kier molecular flexibility index (Phi) is 8.36. The molecule has 0 saturated heterocycles. The van der Waals surface area contributed by atoms with Crippen LogP contribution in [0.5, 0.6) is 0 Å². The number of carbonyl (C=O) groups is 1. The molecule has 19 heavy (non-hydrogen) atoms. The molecule has 0 aliphatic heterocycles. The summed E-state index contributed by atoms with van der Waals surface area (Å²) in [5.41, 5.74) is 6.31. The van der Waals surface area contributed by atoms with E-state index in [0.29, 0.717) is 19.6 Å². The van der Waals surface area contributed by atoms with Crippen LogP contribution in [-0.4, -0.2) is 37.7 Å². The minimum absolute atomic E-state index is 0.00275. The molecule has 1 aromatic heterocycles. The van der Waals surface area contributed by atoms with Crippen LogP contribution >= 0.6 is 11.3 Å². The minimum Gasteiger partial charge on any atom is -0.383 e. The van der Waals surface area contributed by atoms with E-state index in [9.17, 15) is 4.79 Å². The van der Waals surface area contributed by atoms with Crippen molar-refractivity contribution in [3.63, 3.8) is 0 Å². The van der Waals surface area contributed by atoms with E-state index < -0.39 is 0 Å². The lowest BCUT2D eigenvalue weighted by Gasteiger charge is -2.02. The van der Waals surface area contributed by atoms with E-state index in [-0.39, 0.29) is 5.91 Å². The first kappa shape index (κ1) is 16.1. The molecular formula is C13H23N3O2S. The van der Waals surface area contributed by atoms with Gasteiger partial charge < -0.3 is 15.8 Å². The standard InChI is InChI=1S/C13H23N3O2S/c1-18-8-7-15-12(17)9-11-10-19-13(16-11)5-3-2-4-6-14/h10H,2-9,14H2,1H3,(H,15,17). The largest absolute Gasteiger partial charge is 0.383 e. The number of nitrogens with two attached hydrogens (primary N) is 1. The van der Waals surface area contributed by atoms with Gasteiger partial charge in [0.15, 0.2) is 0 Å². The maximum atomic E-state index is 11.6. The molecule has 0 fully saturated rings. The van der Waals surface area contributed by atoms with Crippen molar-refractivity contribution in [2.45, 2.75) is 32.1 Å². The van der Waals surface area contributed by atoms with Crippen molar-refractivity contribution in [1.82, 2.24) is 10.3 Å². The molecule has 1 amide bonds. The maximum Gasteiger partial charge on any atom is 0.226 e. The van der Waals surface area contributed by atoms with Gasteiger partial charge in [-0.25, -0.2) is 4.98 Å². The SMILES string of the molecule is COCCNC(=O)Cc1csc(CCCCCN)n1. The van der Waals surface area contributed by atoms with Gasteiger partial charge in [0, 0.05) is 19.0 Å². The average Bonchev–Trinajstić information content (AvgIpc) is 2.82. The van der Waals surface area contributed by atoms with Crippen molar-refractivity contribution in [2.75, 3.05) is 26.8 Å². The van der Waals surface area contributed by atoms with Crippen LogP contribution in [0.3, 0.4) is 0 Å². The number of aromatic nitrogens is 1. The van der Waals surface area contributed by atoms with Gasteiger partial charge in [-0.15, -0.1) is 11.3 Å². The molecule has 0 spiro atoms. The van der Waals surface area contributed by atoms with Crippen molar-refractivity contribution < 1.29 is 9.53 Å².